The minimum absolute atomic E-state index is 0.128. The number of hydrogen-bond acceptors (Lipinski definition) is 3. The number of nitrogens with one attached hydrogen (secondary N) is 1. The van der Waals surface area contributed by atoms with Crippen LogP contribution < -0.4 is 5.32 Å². The maximum Gasteiger partial charge on any atom is 0.282 e. The van der Waals surface area contributed by atoms with Gasteiger partial charge in [0.1, 0.15) is 0 Å². The highest BCUT2D eigenvalue weighted by Gasteiger charge is 2.37. The number of hydrogen-bond donors (Lipinski definition) is 1. The lowest BCUT2D eigenvalue weighted by Crippen LogP contribution is -2.54. The predicted molar refractivity (Wildman–Crippen MR) is 77.2 cm³/mol. The fourth-order valence-corrected chi connectivity index (χ4v) is 4.97. The topological polar surface area (TPSA) is 52.7 Å². The predicted octanol–water partition coefficient (Wildman–Crippen LogP) is 1.04. The molecule has 0 aromatic heterocycles. The van der Waals surface area contributed by atoms with Crippen molar-refractivity contribution in [1.82, 2.24) is 13.9 Å². The van der Waals surface area contributed by atoms with Gasteiger partial charge in [0.25, 0.3) is 10.2 Å². The summed E-state index contributed by atoms with van der Waals surface area (Å²) in [6.07, 6.45) is 5.08. The molecular formula is C13H27N3O2S. The Balaban J connectivity index is 2.08. The third-order valence-electron chi connectivity index (χ3n) is 4.38. The molecule has 0 aromatic carbocycles. The van der Waals surface area contributed by atoms with E-state index < -0.39 is 10.2 Å². The van der Waals surface area contributed by atoms with Gasteiger partial charge in [-0.25, -0.2) is 0 Å². The van der Waals surface area contributed by atoms with Crippen LogP contribution in [0.5, 0.6) is 0 Å². The average Bonchev–Trinajstić information content (AvgIpc) is 2.40. The van der Waals surface area contributed by atoms with Gasteiger partial charge in [-0.05, 0) is 38.6 Å². The monoisotopic (exact) mass is 289 g/mol. The van der Waals surface area contributed by atoms with Crippen molar-refractivity contribution in [2.75, 3.05) is 33.2 Å². The largest absolute Gasteiger partial charge is 0.318 e. The standard InChI is InChI=1S/C13H27N3O2S/c1-12-6-9-15(10-7-12)19(17,18)16-8-4-3-5-13(16)11-14-2/h12-14H,3-11H2,1-2H3. The Hall–Kier alpha value is -0.170. The third-order valence-corrected chi connectivity index (χ3v) is 6.47. The van der Waals surface area contributed by atoms with Gasteiger partial charge in [-0.3, -0.25) is 0 Å². The molecule has 0 aromatic rings. The molecule has 5 nitrogen and oxygen atoms in total. The second-order valence-corrected chi connectivity index (χ2v) is 7.79. The Kier molecular flexibility index (Phi) is 5.22. The number of likely N-dealkylation sites (N-methyl/N-ethyl adjacent to an activating group) is 1. The first-order valence-electron chi connectivity index (χ1n) is 7.47. The molecule has 2 aliphatic rings. The fraction of sp³-hybridized carbons (Fsp3) is 1.00. The summed E-state index contributed by atoms with van der Waals surface area (Å²) in [5.41, 5.74) is 0. The second kappa shape index (κ2) is 6.52. The maximum atomic E-state index is 12.8. The van der Waals surface area contributed by atoms with Gasteiger partial charge in [-0.15, -0.1) is 0 Å². The van der Waals surface area contributed by atoms with Gasteiger partial charge in [-0.2, -0.15) is 17.0 Å². The molecule has 0 bridgehead atoms. The normalized spacial score (nSPS) is 28.6. The summed E-state index contributed by atoms with van der Waals surface area (Å²) in [4.78, 5) is 0. The van der Waals surface area contributed by atoms with Gasteiger partial charge < -0.3 is 5.32 Å². The fourth-order valence-electron chi connectivity index (χ4n) is 3.08. The van der Waals surface area contributed by atoms with Crippen LogP contribution in [0.4, 0.5) is 0 Å². The summed E-state index contributed by atoms with van der Waals surface area (Å²) in [7, 11) is -1.36. The van der Waals surface area contributed by atoms with Crippen molar-refractivity contribution in [3.05, 3.63) is 0 Å². The van der Waals surface area contributed by atoms with E-state index in [4.69, 9.17) is 0 Å². The van der Waals surface area contributed by atoms with Gasteiger partial charge in [0.05, 0.1) is 0 Å². The molecule has 2 heterocycles. The maximum absolute atomic E-state index is 12.8. The molecule has 0 aliphatic carbocycles. The molecule has 1 N–H and O–H groups in total. The van der Waals surface area contributed by atoms with Gasteiger partial charge in [0, 0.05) is 32.2 Å². The lowest BCUT2D eigenvalue weighted by Gasteiger charge is -2.39. The molecule has 112 valence electrons. The molecule has 0 radical (unpaired) electrons. The molecule has 19 heavy (non-hydrogen) atoms. The summed E-state index contributed by atoms with van der Waals surface area (Å²) < 4.78 is 28.9. The van der Waals surface area contributed by atoms with Crippen molar-refractivity contribution in [3.63, 3.8) is 0 Å². The number of piperidine rings is 2. The minimum Gasteiger partial charge on any atom is -0.318 e. The van der Waals surface area contributed by atoms with E-state index in [9.17, 15) is 8.42 Å². The summed E-state index contributed by atoms with van der Waals surface area (Å²) in [5, 5.41) is 3.12. The van der Waals surface area contributed by atoms with E-state index in [0.29, 0.717) is 25.6 Å². The van der Waals surface area contributed by atoms with Crippen LogP contribution in [0.15, 0.2) is 0 Å². The molecule has 0 spiro atoms. The molecule has 0 saturated carbocycles. The lowest BCUT2D eigenvalue weighted by molar-refractivity contribution is 0.212. The highest BCUT2D eigenvalue weighted by atomic mass is 32.2. The smallest absolute Gasteiger partial charge is 0.282 e. The molecule has 2 rings (SSSR count). The van der Waals surface area contributed by atoms with Crippen LogP contribution in [0.1, 0.15) is 39.0 Å². The molecular weight excluding hydrogens is 262 g/mol. The molecule has 2 aliphatic heterocycles. The first-order valence-corrected chi connectivity index (χ1v) is 8.87. The molecule has 1 unspecified atom stereocenters. The Morgan fingerprint density at radius 1 is 1.11 bits per heavy atom. The second-order valence-electron chi connectivity index (χ2n) is 5.91. The molecule has 2 fully saturated rings. The highest BCUT2D eigenvalue weighted by molar-refractivity contribution is 7.86. The Labute approximate surface area is 117 Å². The summed E-state index contributed by atoms with van der Waals surface area (Å²) >= 11 is 0. The zero-order valence-corrected chi connectivity index (χ0v) is 13.0. The van der Waals surface area contributed by atoms with E-state index >= 15 is 0 Å². The van der Waals surface area contributed by atoms with Crippen LogP contribution in [-0.4, -0.2) is 56.3 Å². The third kappa shape index (κ3) is 3.48. The van der Waals surface area contributed by atoms with Crippen molar-refractivity contribution in [2.45, 2.75) is 45.1 Å². The SMILES string of the molecule is CNCC1CCCCN1S(=O)(=O)N1CCC(C)CC1. The van der Waals surface area contributed by atoms with Crippen LogP contribution in [-0.2, 0) is 10.2 Å². The Morgan fingerprint density at radius 2 is 1.79 bits per heavy atom. The van der Waals surface area contributed by atoms with Gasteiger partial charge >= 0.3 is 0 Å². The highest BCUT2D eigenvalue weighted by Crippen LogP contribution is 2.26. The van der Waals surface area contributed by atoms with Crippen LogP contribution >= 0.6 is 0 Å². The zero-order chi connectivity index (χ0) is 13.9. The van der Waals surface area contributed by atoms with Crippen LogP contribution in [0, 0.1) is 5.92 Å². The van der Waals surface area contributed by atoms with Crippen LogP contribution in [0.25, 0.3) is 0 Å². The summed E-state index contributed by atoms with van der Waals surface area (Å²) in [6, 6.07) is 0.128. The van der Waals surface area contributed by atoms with E-state index in [0.717, 1.165) is 38.6 Å². The van der Waals surface area contributed by atoms with Gasteiger partial charge in [0.2, 0.25) is 0 Å². The Morgan fingerprint density at radius 3 is 2.42 bits per heavy atom. The first kappa shape index (κ1) is 15.2. The van der Waals surface area contributed by atoms with Crippen molar-refractivity contribution in [2.24, 2.45) is 5.92 Å². The van der Waals surface area contributed by atoms with E-state index in [2.05, 4.69) is 12.2 Å². The minimum atomic E-state index is -3.25. The van der Waals surface area contributed by atoms with Crippen LogP contribution in [0.2, 0.25) is 0 Å². The number of nitrogens with zero attached hydrogens (tertiary/aromatic N) is 2. The first-order chi connectivity index (χ1) is 9.05. The van der Waals surface area contributed by atoms with Crippen LogP contribution in [0.3, 0.4) is 0 Å². The van der Waals surface area contributed by atoms with Crippen molar-refractivity contribution in [1.29, 1.82) is 0 Å². The van der Waals surface area contributed by atoms with E-state index in [-0.39, 0.29) is 6.04 Å². The summed E-state index contributed by atoms with van der Waals surface area (Å²) in [6.45, 7) is 5.01. The van der Waals surface area contributed by atoms with E-state index in [1.807, 2.05) is 7.05 Å². The van der Waals surface area contributed by atoms with Crippen molar-refractivity contribution < 1.29 is 8.42 Å². The van der Waals surface area contributed by atoms with Gasteiger partial charge in [0.15, 0.2) is 0 Å². The van der Waals surface area contributed by atoms with Crippen molar-refractivity contribution in [3.8, 4) is 0 Å². The molecule has 6 heteroatoms. The van der Waals surface area contributed by atoms with Crippen molar-refractivity contribution >= 4 is 10.2 Å². The van der Waals surface area contributed by atoms with E-state index in [1.165, 1.54) is 0 Å². The Bertz CT molecular complexity index is 375. The van der Waals surface area contributed by atoms with Gasteiger partial charge in [-0.1, -0.05) is 13.3 Å². The molecule has 0 amide bonds. The lowest BCUT2D eigenvalue weighted by atomic mass is 10.0. The quantitative estimate of drug-likeness (QED) is 0.841. The molecule has 2 saturated heterocycles. The number of rotatable bonds is 4. The van der Waals surface area contributed by atoms with E-state index in [1.54, 1.807) is 8.61 Å². The molecule has 1 atom stereocenters. The zero-order valence-electron chi connectivity index (χ0n) is 12.1. The summed E-state index contributed by atoms with van der Waals surface area (Å²) in [5.74, 6) is 0.654. The average molecular weight is 289 g/mol.